The molecule has 3 aromatic heterocycles. The molecular formula is C43H57N13O7. The van der Waals surface area contributed by atoms with Gasteiger partial charge in [0.2, 0.25) is 17.8 Å². The maximum atomic E-state index is 13.7. The van der Waals surface area contributed by atoms with Crippen molar-refractivity contribution in [2.45, 2.75) is 66.1 Å². The first-order valence-corrected chi connectivity index (χ1v) is 21.1. The fraction of sp³-hybridized carbons (Fsp3) is 0.442. The second kappa shape index (κ2) is 21.0. The predicted molar refractivity (Wildman–Crippen MR) is 240 cm³/mol. The summed E-state index contributed by atoms with van der Waals surface area (Å²) in [7, 11) is 1.50. The largest absolute Gasteiger partial charge is 0.491 e. The number of imidazole rings is 2. The Morgan fingerprint density at radius 2 is 1.71 bits per heavy atom. The number of ether oxygens (including phenoxy) is 3. The summed E-state index contributed by atoms with van der Waals surface area (Å²) >= 11 is 0. The molecule has 0 spiro atoms. The number of carbonyl (C=O) groups excluding carboxylic acids is 4. The molecule has 1 atom stereocenters. The van der Waals surface area contributed by atoms with Crippen molar-refractivity contribution < 1.29 is 33.4 Å². The van der Waals surface area contributed by atoms with Gasteiger partial charge in [0.15, 0.2) is 0 Å². The van der Waals surface area contributed by atoms with Crippen molar-refractivity contribution in [1.82, 2.24) is 33.8 Å². The van der Waals surface area contributed by atoms with Crippen LogP contribution in [0.4, 0.5) is 11.9 Å². The van der Waals surface area contributed by atoms with Crippen molar-refractivity contribution in [2.24, 2.45) is 22.2 Å². The first-order valence-electron chi connectivity index (χ1n) is 21.1. The molecule has 0 radical (unpaired) electrons. The second-order valence-corrected chi connectivity index (χ2v) is 15.0. The van der Waals surface area contributed by atoms with Gasteiger partial charge in [-0.25, -0.2) is 9.97 Å². The number of primary amides is 1. The minimum Gasteiger partial charge on any atom is -0.491 e. The molecule has 2 aliphatic heterocycles. The third kappa shape index (κ3) is 10.5. The summed E-state index contributed by atoms with van der Waals surface area (Å²) in [6.07, 6.45) is 4.03. The summed E-state index contributed by atoms with van der Waals surface area (Å²) < 4.78 is 23.5. The first-order chi connectivity index (χ1) is 30.5. The van der Waals surface area contributed by atoms with E-state index in [2.05, 4.69) is 31.4 Å². The Labute approximate surface area is 364 Å². The van der Waals surface area contributed by atoms with Crippen LogP contribution in [0.3, 0.4) is 0 Å². The Morgan fingerprint density at radius 3 is 2.41 bits per heavy atom. The summed E-state index contributed by atoms with van der Waals surface area (Å²) in [6, 6.07) is 7.91. The molecule has 0 saturated carbocycles. The van der Waals surface area contributed by atoms with Gasteiger partial charge in [-0.3, -0.25) is 44.4 Å². The number of amides is 3. The van der Waals surface area contributed by atoms with Gasteiger partial charge in [-0.05, 0) is 90.4 Å². The number of hydrogen-bond donors (Lipinski definition) is 5. The highest BCUT2D eigenvalue weighted by molar-refractivity contribution is 6.47. The van der Waals surface area contributed by atoms with E-state index in [0.717, 1.165) is 32.3 Å². The van der Waals surface area contributed by atoms with Gasteiger partial charge in [0.1, 0.15) is 46.8 Å². The van der Waals surface area contributed by atoms with Crippen molar-refractivity contribution in [3.8, 4) is 11.5 Å². The zero-order valence-corrected chi connectivity index (χ0v) is 36.5. The van der Waals surface area contributed by atoms with E-state index in [9.17, 15) is 19.2 Å². The number of benzene rings is 2. The summed E-state index contributed by atoms with van der Waals surface area (Å²) in [4.78, 5) is 68.1. The molecule has 20 heteroatoms. The zero-order valence-electron chi connectivity index (χ0n) is 36.5. The molecular weight excluding hydrogens is 811 g/mol. The molecule has 336 valence electrons. The van der Waals surface area contributed by atoms with Gasteiger partial charge >= 0.3 is 0 Å². The Balaban J connectivity index is 0.00000326. The third-order valence-corrected chi connectivity index (χ3v) is 10.5. The molecule has 0 aliphatic carbocycles. The van der Waals surface area contributed by atoms with Crippen molar-refractivity contribution in [2.75, 3.05) is 70.3 Å². The highest BCUT2D eigenvalue weighted by Crippen LogP contribution is 2.39. The lowest BCUT2D eigenvalue weighted by atomic mass is 10.1. The fourth-order valence-corrected chi connectivity index (χ4v) is 7.75. The monoisotopic (exact) mass is 867 g/mol. The van der Waals surface area contributed by atoms with Crippen LogP contribution in [0.25, 0.3) is 22.1 Å². The van der Waals surface area contributed by atoms with Crippen LogP contribution < -0.4 is 37.3 Å². The molecule has 0 bridgehead atoms. The lowest BCUT2D eigenvalue weighted by Gasteiger charge is -2.27. The quantitative estimate of drug-likeness (QED) is 0.0481. The van der Waals surface area contributed by atoms with Crippen LogP contribution in [0, 0.1) is 6.92 Å². The number of aliphatic imine (C=N–C) groups is 1. The lowest BCUT2D eigenvalue weighted by molar-refractivity contribution is -0.110. The number of carbonyl (C=O) groups is 4. The molecule has 20 nitrogen and oxygen atoms in total. The minimum absolute atomic E-state index is 0.141. The summed E-state index contributed by atoms with van der Waals surface area (Å²) in [5, 5.41) is 10.4. The number of fused-ring (bicyclic) bond motifs is 1. The molecule has 2 aliphatic rings. The van der Waals surface area contributed by atoms with E-state index in [1.54, 1.807) is 41.9 Å². The second-order valence-electron chi connectivity index (χ2n) is 15.0. The Morgan fingerprint density at radius 1 is 0.968 bits per heavy atom. The van der Waals surface area contributed by atoms with Crippen molar-refractivity contribution in [3.63, 3.8) is 0 Å². The SMILES string of the molecule is CCN=C(/C=C(/C)N)C(=O)Nc1nc2cc(C=O)cc(OCCCN3CCOCC3)c2n1CCCC1COc2cc(C(N)=O)cc3nc(NC(=O)c4cc(C)nn4CC)n1c23.CN. The van der Waals surface area contributed by atoms with Gasteiger partial charge in [0.25, 0.3) is 11.8 Å². The average Bonchev–Trinajstić information content (AvgIpc) is 3.96. The van der Waals surface area contributed by atoms with E-state index < -0.39 is 11.8 Å². The van der Waals surface area contributed by atoms with Crippen molar-refractivity contribution in [1.29, 1.82) is 0 Å². The summed E-state index contributed by atoms with van der Waals surface area (Å²) in [6.45, 7) is 12.9. The molecule has 5 aromatic rings. The van der Waals surface area contributed by atoms with Gasteiger partial charge in [0, 0.05) is 56.1 Å². The van der Waals surface area contributed by atoms with Gasteiger partial charge < -0.3 is 40.5 Å². The summed E-state index contributed by atoms with van der Waals surface area (Å²) in [5.41, 5.74) is 20.5. The predicted octanol–water partition coefficient (Wildman–Crippen LogP) is 3.43. The normalized spacial score (nSPS) is 15.4. The van der Waals surface area contributed by atoms with Crippen LogP contribution in [0.15, 0.2) is 47.1 Å². The van der Waals surface area contributed by atoms with E-state index in [-0.39, 0.29) is 41.7 Å². The number of allylic oxidation sites excluding steroid dienone is 1. The highest BCUT2D eigenvalue weighted by atomic mass is 16.5. The van der Waals surface area contributed by atoms with Gasteiger partial charge in [-0.2, -0.15) is 5.10 Å². The van der Waals surface area contributed by atoms with Crippen LogP contribution in [-0.2, 0) is 22.6 Å². The number of aromatic nitrogens is 6. The lowest BCUT2D eigenvalue weighted by Crippen LogP contribution is -2.37. The Kier molecular flexibility index (Phi) is 15.3. The van der Waals surface area contributed by atoms with Crippen LogP contribution in [0.2, 0.25) is 0 Å². The topological polar surface area (TPSA) is 267 Å². The van der Waals surface area contributed by atoms with E-state index in [4.69, 9.17) is 35.6 Å². The standard InChI is InChI=1S/C42H52N12O7.CH5N/c1-5-45-32(17-25(3)43)39(57)48-41-46-30-19-27(23-55)20-34(60-14-8-10-51-12-15-59-16-13-51)36(30)52(41)11-7-9-29-24-61-35-22-28(38(44)56)21-31-37(35)54(29)42(47-31)49-40(58)33-18-26(4)50-53(33)6-2;1-2/h17-23,29H,5-16,24,43H2,1-4H3,(H2,44,56)(H,46,48,57)(H,47,49,58);2H2,1H3/b25-17-,45-32?;. The van der Waals surface area contributed by atoms with Crippen LogP contribution in [0.1, 0.15) is 83.0 Å². The number of nitrogens with zero attached hydrogens (tertiary/aromatic N) is 8. The maximum Gasteiger partial charge on any atom is 0.276 e. The number of aryl methyl sites for hydroxylation is 3. The number of aldehydes is 1. The molecule has 8 N–H and O–H groups in total. The molecule has 7 rings (SSSR count). The van der Waals surface area contributed by atoms with Crippen molar-refractivity contribution >= 4 is 63.7 Å². The van der Waals surface area contributed by atoms with Crippen LogP contribution in [0.5, 0.6) is 11.5 Å². The van der Waals surface area contributed by atoms with E-state index >= 15 is 0 Å². The molecule has 2 aromatic carbocycles. The first kappa shape index (κ1) is 45.9. The third-order valence-electron chi connectivity index (χ3n) is 10.5. The summed E-state index contributed by atoms with van der Waals surface area (Å²) in [5.74, 6) is -0.137. The number of morpholine rings is 1. The Hall–Kier alpha value is -6.64. The van der Waals surface area contributed by atoms with E-state index in [0.29, 0.717) is 109 Å². The zero-order chi connectivity index (χ0) is 45.2. The smallest absolute Gasteiger partial charge is 0.276 e. The molecule has 1 fully saturated rings. The van der Waals surface area contributed by atoms with Crippen LogP contribution in [-0.4, -0.2) is 123 Å². The highest BCUT2D eigenvalue weighted by Gasteiger charge is 2.30. The number of nitrogens with one attached hydrogen (secondary N) is 2. The molecule has 1 unspecified atom stereocenters. The maximum absolute atomic E-state index is 13.7. The van der Waals surface area contributed by atoms with Crippen molar-refractivity contribution in [3.05, 3.63) is 64.6 Å². The average molecular weight is 868 g/mol. The fourth-order valence-electron chi connectivity index (χ4n) is 7.75. The molecule has 1 saturated heterocycles. The number of nitrogens with two attached hydrogens (primary N) is 3. The minimum atomic E-state index is -0.634. The molecule has 63 heavy (non-hydrogen) atoms. The number of rotatable bonds is 18. The Bertz CT molecular complexity index is 2530. The van der Waals surface area contributed by atoms with Crippen LogP contribution >= 0.6 is 0 Å². The van der Waals surface area contributed by atoms with Gasteiger partial charge in [-0.15, -0.1) is 0 Å². The van der Waals surface area contributed by atoms with E-state index in [1.807, 2.05) is 29.9 Å². The van der Waals surface area contributed by atoms with Gasteiger partial charge in [-0.1, -0.05) is 0 Å². The molecule has 3 amide bonds. The number of anilines is 2. The number of hydrogen-bond acceptors (Lipinski definition) is 14. The van der Waals surface area contributed by atoms with Gasteiger partial charge in [0.05, 0.1) is 42.6 Å². The van der Waals surface area contributed by atoms with E-state index in [1.165, 1.54) is 13.1 Å². The molecule has 5 heterocycles.